The summed E-state index contributed by atoms with van der Waals surface area (Å²) in [6.07, 6.45) is 5.39. The van der Waals surface area contributed by atoms with Gasteiger partial charge in [-0.3, -0.25) is 14.6 Å². The highest BCUT2D eigenvalue weighted by molar-refractivity contribution is 7.15. The highest BCUT2D eigenvalue weighted by atomic mass is 32.1. The van der Waals surface area contributed by atoms with Crippen LogP contribution in [0.2, 0.25) is 0 Å². The van der Waals surface area contributed by atoms with Crippen molar-refractivity contribution in [3.8, 4) is 0 Å². The second kappa shape index (κ2) is 6.37. The Morgan fingerprint density at radius 3 is 2.68 bits per heavy atom. The Morgan fingerprint density at radius 2 is 1.92 bits per heavy atom. The molecule has 0 aliphatic heterocycles. The van der Waals surface area contributed by atoms with Crippen LogP contribution in [0.4, 0.5) is 0 Å². The van der Waals surface area contributed by atoms with Crippen LogP contribution in [-0.2, 0) is 6.42 Å². The van der Waals surface area contributed by atoms with Gasteiger partial charge in [0.05, 0.1) is 4.53 Å². The largest absolute Gasteiger partial charge is 0.296 e. The average Bonchev–Trinajstić information content (AvgIpc) is 2.92. The van der Waals surface area contributed by atoms with Crippen LogP contribution < -0.4 is 15.7 Å². The average molecular weight is 348 g/mol. The third-order valence-corrected chi connectivity index (χ3v) is 4.61. The van der Waals surface area contributed by atoms with Crippen molar-refractivity contribution in [2.24, 2.45) is 0 Å². The molecule has 3 aromatic heterocycles. The molecule has 0 radical (unpaired) electrons. The Bertz CT molecular complexity index is 1200. The van der Waals surface area contributed by atoms with Gasteiger partial charge in [0.2, 0.25) is 4.96 Å². The first-order valence-corrected chi connectivity index (χ1v) is 8.41. The van der Waals surface area contributed by atoms with E-state index in [0.717, 1.165) is 22.5 Å². The van der Waals surface area contributed by atoms with Crippen molar-refractivity contribution in [2.75, 3.05) is 0 Å². The molecule has 0 bridgehead atoms. The normalized spacial score (nSPS) is 11.9. The summed E-state index contributed by atoms with van der Waals surface area (Å²) < 4.78 is 1.66. The van der Waals surface area contributed by atoms with E-state index in [1.807, 2.05) is 36.4 Å². The van der Waals surface area contributed by atoms with Gasteiger partial charge in [-0.1, -0.05) is 47.7 Å². The highest BCUT2D eigenvalue weighted by Gasteiger charge is 2.11. The van der Waals surface area contributed by atoms with E-state index in [1.165, 1.54) is 4.52 Å². The van der Waals surface area contributed by atoms with E-state index in [-0.39, 0.29) is 11.3 Å². The second-order valence-electron chi connectivity index (χ2n) is 5.42. The highest BCUT2D eigenvalue weighted by Crippen LogP contribution is 2.05. The first-order valence-electron chi connectivity index (χ1n) is 7.59. The molecule has 0 spiro atoms. The first kappa shape index (κ1) is 15.3. The van der Waals surface area contributed by atoms with Gasteiger partial charge in [-0.15, -0.1) is 0 Å². The van der Waals surface area contributed by atoms with Gasteiger partial charge < -0.3 is 0 Å². The minimum absolute atomic E-state index is 0.256. The predicted molar refractivity (Wildman–Crippen MR) is 95.7 cm³/mol. The van der Waals surface area contributed by atoms with E-state index in [4.69, 9.17) is 0 Å². The summed E-state index contributed by atoms with van der Waals surface area (Å²) in [6, 6.07) is 13.1. The van der Waals surface area contributed by atoms with Crippen molar-refractivity contribution in [1.82, 2.24) is 19.6 Å². The molecule has 0 saturated carbocycles. The molecule has 0 aliphatic rings. The number of rotatable bonds is 3. The third kappa shape index (κ3) is 3.09. The molecular formula is C18H12N4O2S. The summed E-state index contributed by atoms with van der Waals surface area (Å²) in [5.41, 5.74) is 1.31. The first-order chi connectivity index (χ1) is 12.2. The number of benzene rings is 1. The van der Waals surface area contributed by atoms with Crippen LogP contribution in [-0.4, -0.2) is 19.6 Å². The van der Waals surface area contributed by atoms with Gasteiger partial charge in [0.15, 0.2) is 0 Å². The van der Waals surface area contributed by atoms with Gasteiger partial charge in [-0.25, -0.2) is 0 Å². The molecule has 0 fully saturated rings. The van der Waals surface area contributed by atoms with Crippen LogP contribution in [0, 0.1) is 0 Å². The monoisotopic (exact) mass is 348 g/mol. The standard InChI is InChI=1S/C18H12N4O2S/c23-16-14(9-12-5-2-1-3-6-12)21-22-17(24)15(25-18(22)20-16)10-13-7-4-8-19-11-13/h1-8,10-11H,9H2/b15-10-. The van der Waals surface area contributed by atoms with Crippen LogP contribution in [0.5, 0.6) is 0 Å². The van der Waals surface area contributed by atoms with Crippen molar-refractivity contribution in [3.63, 3.8) is 0 Å². The summed E-state index contributed by atoms with van der Waals surface area (Å²) >= 11 is 1.14. The van der Waals surface area contributed by atoms with Crippen molar-refractivity contribution in [2.45, 2.75) is 6.42 Å². The summed E-state index contributed by atoms with van der Waals surface area (Å²) in [6.45, 7) is 0. The van der Waals surface area contributed by atoms with Crippen LogP contribution in [0.15, 0.2) is 64.4 Å². The lowest BCUT2D eigenvalue weighted by Gasteiger charge is -1.99. The molecule has 7 heteroatoms. The number of thiazole rings is 1. The number of hydrogen-bond acceptors (Lipinski definition) is 6. The quantitative estimate of drug-likeness (QED) is 0.553. The number of pyridine rings is 1. The molecule has 0 atom stereocenters. The van der Waals surface area contributed by atoms with Crippen molar-refractivity contribution >= 4 is 22.4 Å². The van der Waals surface area contributed by atoms with Gasteiger partial charge >= 0.3 is 0 Å². The second-order valence-corrected chi connectivity index (χ2v) is 6.43. The lowest BCUT2D eigenvalue weighted by Crippen LogP contribution is -2.28. The Morgan fingerprint density at radius 1 is 1.08 bits per heavy atom. The van der Waals surface area contributed by atoms with Gasteiger partial charge in [0.25, 0.3) is 11.1 Å². The van der Waals surface area contributed by atoms with E-state index in [1.54, 1.807) is 24.5 Å². The van der Waals surface area contributed by atoms with Gasteiger partial charge in [-0.05, 0) is 23.3 Å². The smallest absolute Gasteiger partial charge is 0.266 e. The maximum absolute atomic E-state index is 12.6. The Hall–Kier alpha value is -3.19. The summed E-state index contributed by atoms with van der Waals surface area (Å²) in [5.74, 6) is 0. The molecule has 4 rings (SSSR count). The summed E-state index contributed by atoms with van der Waals surface area (Å²) in [4.78, 5) is 33.1. The zero-order valence-corrected chi connectivity index (χ0v) is 13.8. The third-order valence-electron chi connectivity index (χ3n) is 3.65. The number of fused-ring (bicyclic) bond motifs is 1. The van der Waals surface area contributed by atoms with Gasteiger partial charge in [-0.2, -0.15) is 14.6 Å². The zero-order valence-electron chi connectivity index (χ0n) is 13.0. The minimum atomic E-state index is -0.405. The molecule has 0 aliphatic carbocycles. The molecule has 3 heterocycles. The molecule has 122 valence electrons. The topological polar surface area (TPSA) is 77.2 Å². The van der Waals surface area contributed by atoms with E-state index in [2.05, 4.69) is 15.1 Å². The van der Waals surface area contributed by atoms with Crippen molar-refractivity contribution < 1.29 is 0 Å². The molecule has 0 amide bonds. The fourth-order valence-corrected chi connectivity index (χ4v) is 3.36. The van der Waals surface area contributed by atoms with Crippen molar-refractivity contribution in [3.05, 3.63) is 96.9 Å². The molecule has 25 heavy (non-hydrogen) atoms. The van der Waals surface area contributed by atoms with Gasteiger partial charge in [0, 0.05) is 18.8 Å². The molecule has 4 aromatic rings. The van der Waals surface area contributed by atoms with Crippen LogP contribution in [0.3, 0.4) is 0 Å². The maximum Gasteiger partial charge on any atom is 0.296 e. The lowest BCUT2D eigenvalue weighted by molar-refractivity contribution is 0.811. The fraction of sp³-hybridized carbons (Fsp3) is 0.0556. The molecule has 0 unspecified atom stereocenters. The Balaban J connectivity index is 1.84. The summed E-state index contributed by atoms with van der Waals surface area (Å²) in [5, 5.41) is 4.24. The zero-order chi connectivity index (χ0) is 17.2. The summed E-state index contributed by atoms with van der Waals surface area (Å²) in [7, 11) is 0. The molecule has 6 nitrogen and oxygen atoms in total. The Kier molecular flexibility index (Phi) is 3.91. The van der Waals surface area contributed by atoms with Gasteiger partial charge in [0.1, 0.15) is 5.69 Å². The van der Waals surface area contributed by atoms with E-state index in [0.29, 0.717) is 15.9 Å². The molecule has 0 saturated heterocycles. The van der Waals surface area contributed by atoms with Crippen LogP contribution in [0.1, 0.15) is 16.8 Å². The number of hydrogen-bond donors (Lipinski definition) is 0. The molecule has 0 N–H and O–H groups in total. The minimum Gasteiger partial charge on any atom is -0.266 e. The predicted octanol–water partition coefficient (Wildman–Crippen LogP) is 1.04. The van der Waals surface area contributed by atoms with Crippen LogP contribution in [0.25, 0.3) is 11.0 Å². The van der Waals surface area contributed by atoms with E-state index >= 15 is 0 Å². The molecule has 1 aromatic carbocycles. The van der Waals surface area contributed by atoms with Crippen LogP contribution >= 0.6 is 11.3 Å². The number of nitrogens with zero attached hydrogens (tertiary/aromatic N) is 4. The lowest BCUT2D eigenvalue weighted by atomic mass is 10.1. The SMILES string of the molecule is O=c1nc2s/c(=C\c3cccnc3)c(=O)n2nc1Cc1ccccc1. The Labute approximate surface area is 145 Å². The molecular weight excluding hydrogens is 336 g/mol. The van der Waals surface area contributed by atoms with E-state index < -0.39 is 5.56 Å². The maximum atomic E-state index is 12.6. The fourth-order valence-electron chi connectivity index (χ4n) is 2.45. The number of aromatic nitrogens is 4. The van der Waals surface area contributed by atoms with E-state index in [9.17, 15) is 9.59 Å². The van der Waals surface area contributed by atoms with Crippen molar-refractivity contribution in [1.29, 1.82) is 0 Å².